The van der Waals surface area contributed by atoms with Crippen LogP contribution in [0, 0.1) is 0 Å². The second kappa shape index (κ2) is 8.93. The minimum atomic E-state index is -4.77. The molecule has 152 valence electrons. The summed E-state index contributed by atoms with van der Waals surface area (Å²) in [6, 6.07) is 0. The molecule has 2 heterocycles. The topological polar surface area (TPSA) is 192 Å². The molecule has 2 aromatic rings. The van der Waals surface area contributed by atoms with Crippen LogP contribution in [0.15, 0.2) is 12.7 Å². The van der Waals surface area contributed by atoms with E-state index in [1.807, 2.05) is 0 Å². The highest BCUT2D eigenvalue weighted by atomic mass is 32.9. The zero-order valence-corrected chi connectivity index (χ0v) is 17.8. The summed E-state index contributed by atoms with van der Waals surface area (Å²) in [7, 11) is -9.43. The Morgan fingerprint density at radius 1 is 1.22 bits per heavy atom. The molecular formula is C9H16N5O8P3S2. The predicted molar refractivity (Wildman–Crippen MR) is 103 cm³/mol. The van der Waals surface area contributed by atoms with Gasteiger partial charge in [-0.05, 0) is 11.8 Å². The molecule has 0 saturated heterocycles. The molecule has 13 nitrogen and oxygen atoms in total. The third-order valence-corrected chi connectivity index (χ3v) is 9.91. The van der Waals surface area contributed by atoms with Crippen LogP contribution in [0.25, 0.3) is 11.2 Å². The number of ether oxygens (including phenoxy) is 1. The SMILES string of the molecule is Nc1ncnc2c1ncn2COCCOP(=S)(S)OP(=O)(O)CP(=O)(O)O. The molecule has 0 spiro atoms. The number of hydrogen-bond acceptors (Lipinski definition) is 10. The summed E-state index contributed by atoms with van der Waals surface area (Å²) in [5.41, 5.74) is 3.07. The molecule has 18 heteroatoms. The second-order valence-corrected chi connectivity index (χ2v) is 14.4. The molecule has 0 amide bonds. The molecule has 0 aliphatic heterocycles. The molecule has 0 bridgehead atoms. The molecule has 0 aliphatic rings. The molecule has 0 aromatic carbocycles. The number of nitrogens with zero attached hydrogens (tertiary/aromatic N) is 4. The minimum Gasteiger partial charge on any atom is -0.382 e. The van der Waals surface area contributed by atoms with Crippen molar-refractivity contribution in [1.29, 1.82) is 0 Å². The van der Waals surface area contributed by atoms with E-state index in [1.165, 1.54) is 12.7 Å². The number of imidazole rings is 1. The Labute approximate surface area is 163 Å². The number of fused-ring (bicyclic) bond motifs is 1. The molecule has 2 rings (SSSR count). The quantitative estimate of drug-likeness (QED) is 0.183. The summed E-state index contributed by atoms with van der Waals surface area (Å²) >= 11 is 8.68. The fourth-order valence-corrected chi connectivity index (χ4v) is 8.56. The zero-order valence-electron chi connectivity index (χ0n) is 13.4. The largest absolute Gasteiger partial charge is 0.382 e. The molecule has 2 aromatic heterocycles. The first-order valence-corrected chi connectivity index (χ1v) is 14.3. The minimum absolute atomic E-state index is 0.0107. The zero-order chi connectivity index (χ0) is 20.3. The Morgan fingerprint density at radius 2 is 1.93 bits per heavy atom. The van der Waals surface area contributed by atoms with Crippen molar-refractivity contribution in [3.05, 3.63) is 12.7 Å². The second-order valence-electron chi connectivity index (χ2n) is 5.01. The molecule has 0 saturated carbocycles. The number of thiol groups is 1. The first-order valence-electron chi connectivity index (χ1n) is 6.93. The predicted octanol–water partition coefficient (Wildman–Crippen LogP) is 0.891. The third-order valence-electron chi connectivity index (χ3n) is 2.74. The average molecular weight is 479 g/mol. The van der Waals surface area contributed by atoms with E-state index in [0.29, 0.717) is 11.2 Å². The Morgan fingerprint density at radius 3 is 2.59 bits per heavy atom. The van der Waals surface area contributed by atoms with Crippen LogP contribution >= 0.6 is 33.1 Å². The molecular weight excluding hydrogens is 463 g/mol. The Hall–Kier alpha value is -0.430. The van der Waals surface area contributed by atoms with Crippen LogP contribution < -0.4 is 5.73 Å². The smallest absolute Gasteiger partial charge is 0.346 e. The number of hydrogen-bond donors (Lipinski definition) is 5. The van der Waals surface area contributed by atoms with Gasteiger partial charge in [-0.3, -0.25) is 13.7 Å². The van der Waals surface area contributed by atoms with Gasteiger partial charge in [-0.15, -0.1) is 0 Å². The van der Waals surface area contributed by atoms with Gasteiger partial charge in [0.05, 0.1) is 19.5 Å². The van der Waals surface area contributed by atoms with Crippen molar-refractivity contribution in [3.63, 3.8) is 0 Å². The van der Waals surface area contributed by atoms with Crippen LogP contribution in [0.2, 0.25) is 0 Å². The van der Waals surface area contributed by atoms with E-state index >= 15 is 0 Å². The standard InChI is InChI=1S/C9H16N5O8P3S2/c10-8-7-9(12-3-11-8)14(4-13-7)5-20-1-2-21-25(26,27)22-24(18,19)6-23(15,16)17/h3-4H,1-2,5-6H2,(H,18,19)(H,26,27)(H2,10,11,12)(H2,15,16,17). The van der Waals surface area contributed by atoms with E-state index < -0.39 is 26.8 Å². The van der Waals surface area contributed by atoms with Crippen molar-refractivity contribution in [2.24, 2.45) is 0 Å². The highest BCUT2D eigenvalue weighted by Gasteiger charge is 2.35. The van der Waals surface area contributed by atoms with Gasteiger partial charge in [0.25, 0.3) is 5.69 Å². The van der Waals surface area contributed by atoms with Gasteiger partial charge in [0.2, 0.25) is 0 Å². The van der Waals surface area contributed by atoms with Gasteiger partial charge >= 0.3 is 15.2 Å². The summed E-state index contributed by atoms with van der Waals surface area (Å²) in [5, 5.41) is 0. The van der Waals surface area contributed by atoms with Crippen molar-refractivity contribution < 1.29 is 37.4 Å². The average Bonchev–Trinajstić information content (AvgIpc) is 2.87. The normalized spacial score (nSPS) is 16.9. The Kier molecular flexibility index (Phi) is 7.56. The van der Waals surface area contributed by atoms with Crippen LogP contribution in [0.1, 0.15) is 0 Å². The summed E-state index contributed by atoms with van der Waals surface area (Å²) in [4.78, 5) is 38.9. The van der Waals surface area contributed by atoms with Gasteiger partial charge in [-0.2, -0.15) is 0 Å². The summed E-state index contributed by atoms with van der Waals surface area (Å²) < 4.78 is 39.1. The summed E-state index contributed by atoms with van der Waals surface area (Å²) in [6.07, 6.45) is 2.75. The number of nitrogen functional groups attached to an aromatic ring is 1. The number of anilines is 1. The van der Waals surface area contributed by atoms with Crippen LogP contribution in [0.5, 0.6) is 0 Å². The first-order chi connectivity index (χ1) is 12.4. The van der Waals surface area contributed by atoms with Gasteiger partial charge in [-0.1, -0.05) is 12.2 Å². The lowest BCUT2D eigenvalue weighted by atomic mass is 10.5. The highest BCUT2D eigenvalue weighted by Crippen LogP contribution is 2.68. The Bertz CT molecular complexity index is 951. The number of nitrogens with two attached hydrogens (primary N) is 1. The van der Waals surface area contributed by atoms with Crippen molar-refractivity contribution in [1.82, 2.24) is 19.5 Å². The lowest BCUT2D eigenvalue weighted by Crippen LogP contribution is -2.07. The van der Waals surface area contributed by atoms with E-state index in [9.17, 15) is 14.0 Å². The van der Waals surface area contributed by atoms with Crippen LogP contribution in [-0.2, 0) is 41.2 Å². The maximum absolute atomic E-state index is 11.7. The van der Waals surface area contributed by atoms with E-state index in [4.69, 9.17) is 36.6 Å². The first kappa shape index (κ1) is 22.9. The monoisotopic (exact) mass is 479 g/mol. The maximum atomic E-state index is 11.7. The Balaban J connectivity index is 1.80. The van der Waals surface area contributed by atoms with Crippen molar-refractivity contribution in [3.8, 4) is 0 Å². The molecule has 2 unspecified atom stereocenters. The highest BCUT2D eigenvalue weighted by molar-refractivity contribution is 8.60. The van der Waals surface area contributed by atoms with Gasteiger partial charge in [0.15, 0.2) is 17.4 Å². The molecule has 27 heavy (non-hydrogen) atoms. The lowest BCUT2D eigenvalue weighted by Gasteiger charge is -2.20. The fraction of sp³-hybridized carbons (Fsp3) is 0.444. The summed E-state index contributed by atoms with van der Waals surface area (Å²) in [5.74, 6) is -1.14. The van der Waals surface area contributed by atoms with Crippen LogP contribution in [0.3, 0.4) is 0 Å². The fourth-order valence-electron chi connectivity index (χ4n) is 1.81. The van der Waals surface area contributed by atoms with Crippen molar-refractivity contribution in [2.45, 2.75) is 6.73 Å². The molecule has 0 radical (unpaired) electrons. The molecule has 5 N–H and O–H groups in total. The molecule has 0 fully saturated rings. The van der Waals surface area contributed by atoms with Gasteiger partial charge < -0.3 is 29.7 Å². The van der Waals surface area contributed by atoms with Crippen molar-refractivity contribution >= 4 is 61.9 Å². The van der Waals surface area contributed by atoms with Gasteiger partial charge in [-0.25, -0.2) is 19.3 Å². The third kappa shape index (κ3) is 7.48. The lowest BCUT2D eigenvalue weighted by molar-refractivity contribution is 0.0569. The van der Waals surface area contributed by atoms with Crippen LogP contribution in [-0.4, -0.2) is 53.3 Å². The molecule has 0 aliphatic carbocycles. The van der Waals surface area contributed by atoms with Crippen LogP contribution in [0.4, 0.5) is 5.82 Å². The van der Waals surface area contributed by atoms with Gasteiger partial charge in [0, 0.05) is 0 Å². The number of rotatable bonds is 10. The van der Waals surface area contributed by atoms with E-state index in [-0.39, 0.29) is 25.8 Å². The van der Waals surface area contributed by atoms with Gasteiger partial charge in [0.1, 0.15) is 18.6 Å². The van der Waals surface area contributed by atoms with E-state index in [1.54, 1.807) is 4.57 Å². The molecule has 2 atom stereocenters. The van der Waals surface area contributed by atoms with E-state index in [0.717, 1.165) is 0 Å². The summed E-state index contributed by atoms with van der Waals surface area (Å²) in [6.45, 7) is -0.0689. The van der Waals surface area contributed by atoms with Crippen molar-refractivity contribution in [2.75, 3.05) is 24.9 Å². The maximum Gasteiger partial charge on any atom is 0.346 e. The number of aromatic nitrogens is 4. The van der Waals surface area contributed by atoms with E-state index in [2.05, 4.69) is 31.5 Å².